The number of carbonyl (C=O) groups excluding carboxylic acids is 1. The number of amides is 1. The molecule has 4 N–H and O–H groups in total. The number of hydrogen-bond donors (Lipinski definition) is 3. The Morgan fingerprint density at radius 3 is 2.59 bits per heavy atom. The molecule has 0 aliphatic heterocycles. The monoisotopic (exact) mass is 251 g/mol. The fraction of sp³-hybridized carbons (Fsp3) is 0.333. The van der Waals surface area contributed by atoms with Crippen molar-refractivity contribution in [3.05, 3.63) is 29.3 Å². The van der Waals surface area contributed by atoms with Crippen LogP contribution in [0.1, 0.15) is 18.1 Å². The summed E-state index contributed by atoms with van der Waals surface area (Å²) in [6.07, 6.45) is 0. The quantitative estimate of drug-likeness (QED) is 0.703. The molecule has 0 saturated carbocycles. The van der Waals surface area contributed by atoms with Gasteiger partial charge in [-0.05, 0) is 37.6 Å². The van der Waals surface area contributed by atoms with Crippen molar-refractivity contribution >= 4 is 28.8 Å². The van der Waals surface area contributed by atoms with Crippen molar-refractivity contribution in [3.8, 4) is 0 Å². The lowest BCUT2D eigenvalue weighted by Crippen LogP contribution is -2.35. The van der Waals surface area contributed by atoms with Gasteiger partial charge in [0.15, 0.2) is 0 Å². The van der Waals surface area contributed by atoms with Crippen LogP contribution in [0.2, 0.25) is 0 Å². The lowest BCUT2D eigenvalue weighted by atomic mass is 10.1. The molecule has 1 aromatic carbocycles. The SMILES string of the molecule is CNC(=O)C(C)Nc1ccc(C(N)=S)cc1C. The Hall–Kier alpha value is -1.62. The van der Waals surface area contributed by atoms with Crippen LogP contribution in [-0.4, -0.2) is 24.0 Å². The highest BCUT2D eigenvalue weighted by Gasteiger charge is 2.11. The molecule has 0 fully saturated rings. The van der Waals surface area contributed by atoms with E-state index in [4.69, 9.17) is 18.0 Å². The van der Waals surface area contributed by atoms with E-state index in [2.05, 4.69) is 10.6 Å². The highest BCUT2D eigenvalue weighted by Crippen LogP contribution is 2.17. The molecule has 0 heterocycles. The first-order chi connectivity index (χ1) is 7.95. The van der Waals surface area contributed by atoms with E-state index >= 15 is 0 Å². The zero-order valence-corrected chi connectivity index (χ0v) is 11.0. The second-order valence-corrected chi connectivity index (χ2v) is 4.31. The molecular formula is C12H17N3OS. The van der Waals surface area contributed by atoms with Crippen molar-refractivity contribution in [2.75, 3.05) is 12.4 Å². The molecule has 5 heteroatoms. The zero-order valence-electron chi connectivity index (χ0n) is 10.2. The van der Waals surface area contributed by atoms with Gasteiger partial charge in [-0.1, -0.05) is 12.2 Å². The standard InChI is InChI=1S/C12H17N3OS/c1-7-6-9(11(13)17)4-5-10(7)15-8(2)12(16)14-3/h4-6,8,15H,1-3H3,(H2,13,17)(H,14,16). The van der Waals surface area contributed by atoms with Gasteiger partial charge in [-0.15, -0.1) is 0 Å². The molecule has 1 rings (SSSR count). The summed E-state index contributed by atoms with van der Waals surface area (Å²) in [5.41, 5.74) is 8.29. The largest absolute Gasteiger partial charge is 0.389 e. The van der Waals surface area contributed by atoms with Gasteiger partial charge in [-0.3, -0.25) is 4.79 Å². The smallest absolute Gasteiger partial charge is 0.241 e. The van der Waals surface area contributed by atoms with Crippen LogP contribution in [0.5, 0.6) is 0 Å². The summed E-state index contributed by atoms with van der Waals surface area (Å²) < 4.78 is 0. The number of hydrogen-bond acceptors (Lipinski definition) is 3. The average Bonchev–Trinajstić information content (AvgIpc) is 2.30. The second kappa shape index (κ2) is 5.63. The van der Waals surface area contributed by atoms with Crippen LogP contribution in [0, 0.1) is 6.92 Å². The van der Waals surface area contributed by atoms with E-state index < -0.39 is 0 Å². The zero-order chi connectivity index (χ0) is 13.0. The highest BCUT2D eigenvalue weighted by atomic mass is 32.1. The molecule has 1 aromatic rings. The van der Waals surface area contributed by atoms with Crippen LogP contribution >= 0.6 is 12.2 Å². The number of nitrogens with one attached hydrogen (secondary N) is 2. The molecule has 92 valence electrons. The van der Waals surface area contributed by atoms with Gasteiger partial charge in [0.25, 0.3) is 0 Å². The minimum Gasteiger partial charge on any atom is -0.389 e. The molecule has 1 atom stereocenters. The predicted molar refractivity (Wildman–Crippen MR) is 74.2 cm³/mol. The molecule has 0 aliphatic carbocycles. The summed E-state index contributed by atoms with van der Waals surface area (Å²) >= 11 is 4.91. The molecule has 1 amide bonds. The first-order valence-corrected chi connectivity index (χ1v) is 5.75. The maximum absolute atomic E-state index is 11.4. The third kappa shape index (κ3) is 3.42. The molecule has 0 aliphatic rings. The van der Waals surface area contributed by atoms with Gasteiger partial charge >= 0.3 is 0 Å². The Balaban J connectivity index is 2.86. The first-order valence-electron chi connectivity index (χ1n) is 5.34. The van der Waals surface area contributed by atoms with Gasteiger partial charge in [-0.2, -0.15) is 0 Å². The van der Waals surface area contributed by atoms with Gasteiger partial charge in [0, 0.05) is 18.3 Å². The molecule has 0 bridgehead atoms. The van der Waals surface area contributed by atoms with Crippen LogP contribution in [0.4, 0.5) is 5.69 Å². The normalized spacial score (nSPS) is 11.7. The molecule has 4 nitrogen and oxygen atoms in total. The van der Waals surface area contributed by atoms with Gasteiger partial charge < -0.3 is 16.4 Å². The van der Waals surface area contributed by atoms with Crippen molar-refractivity contribution < 1.29 is 4.79 Å². The lowest BCUT2D eigenvalue weighted by molar-refractivity contribution is -0.121. The fourth-order valence-electron chi connectivity index (χ4n) is 1.49. The minimum absolute atomic E-state index is 0.0529. The van der Waals surface area contributed by atoms with Crippen LogP contribution in [0.25, 0.3) is 0 Å². The Morgan fingerprint density at radius 1 is 1.47 bits per heavy atom. The third-order valence-corrected chi connectivity index (χ3v) is 2.76. The number of aryl methyl sites for hydroxylation is 1. The number of anilines is 1. The lowest BCUT2D eigenvalue weighted by Gasteiger charge is -2.16. The first kappa shape index (κ1) is 13.4. The summed E-state index contributed by atoms with van der Waals surface area (Å²) in [7, 11) is 1.61. The van der Waals surface area contributed by atoms with Crippen molar-refractivity contribution in [2.45, 2.75) is 19.9 Å². The maximum atomic E-state index is 11.4. The van der Waals surface area contributed by atoms with Gasteiger partial charge in [-0.25, -0.2) is 0 Å². The summed E-state index contributed by atoms with van der Waals surface area (Å²) in [4.78, 5) is 11.8. The molecule has 0 radical (unpaired) electrons. The number of nitrogens with two attached hydrogens (primary N) is 1. The molecule has 0 spiro atoms. The Bertz CT molecular complexity index is 445. The fourth-order valence-corrected chi connectivity index (χ4v) is 1.62. The highest BCUT2D eigenvalue weighted by molar-refractivity contribution is 7.80. The predicted octanol–water partition coefficient (Wildman–Crippen LogP) is 1.18. The van der Waals surface area contributed by atoms with Crippen LogP contribution in [0.15, 0.2) is 18.2 Å². The van der Waals surface area contributed by atoms with Crippen LogP contribution in [0.3, 0.4) is 0 Å². The third-order valence-electron chi connectivity index (χ3n) is 2.52. The van der Waals surface area contributed by atoms with Crippen molar-refractivity contribution in [3.63, 3.8) is 0 Å². The van der Waals surface area contributed by atoms with Gasteiger partial charge in [0.1, 0.15) is 11.0 Å². The van der Waals surface area contributed by atoms with Crippen molar-refractivity contribution in [1.29, 1.82) is 0 Å². The number of benzene rings is 1. The Morgan fingerprint density at radius 2 is 2.12 bits per heavy atom. The Labute approximate surface area is 107 Å². The number of carbonyl (C=O) groups is 1. The average molecular weight is 251 g/mol. The van der Waals surface area contributed by atoms with Crippen molar-refractivity contribution in [1.82, 2.24) is 5.32 Å². The van der Waals surface area contributed by atoms with Crippen molar-refractivity contribution in [2.24, 2.45) is 5.73 Å². The minimum atomic E-state index is -0.283. The van der Waals surface area contributed by atoms with E-state index in [-0.39, 0.29) is 11.9 Å². The molecule has 1 unspecified atom stereocenters. The second-order valence-electron chi connectivity index (χ2n) is 3.87. The van der Waals surface area contributed by atoms with E-state index in [9.17, 15) is 4.79 Å². The van der Waals surface area contributed by atoms with E-state index in [1.54, 1.807) is 14.0 Å². The molecule has 0 saturated heterocycles. The number of rotatable bonds is 4. The van der Waals surface area contributed by atoms with E-state index in [1.807, 2.05) is 25.1 Å². The van der Waals surface area contributed by atoms with E-state index in [0.29, 0.717) is 4.99 Å². The molecule has 17 heavy (non-hydrogen) atoms. The maximum Gasteiger partial charge on any atom is 0.241 e. The molecule has 0 aromatic heterocycles. The summed E-state index contributed by atoms with van der Waals surface area (Å²) in [5, 5.41) is 5.72. The van der Waals surface area contributed by atoms with Crippen LogP contribution in [-0.2, 0) is 4.79 Å². The van der Waals surface area contributed by atoms with Gasteiger partial charge in [0.05, 0.1) is 0 Å². The topological polar surface area (TPSA) is 67.2 Å². The van der Waals surface area contributed by atoms with E-state index in [0.717, 1.165) is 16.8 Å². The van der Waals surface area contributed by atoms with Gasteiger partial charge in [0.2, 0.25) is 5.91 Å². The summed E-state index contributed by atoms with van der Waals surface area (Å²) in [5.74, 6) is -0.0529. The summed E-state index contributed by atoms with van der Waals surface area (Å²) in [6, 6.07) is 5.34. The number of thiocarbonyl (C=S) groups is 1. The molecular weight excluding hydrogens is 234 g/mol. The number of likely N-dealkylation sites (N-methyl/N-ethyl adjacent to an activating group) is 1. The van der Waals surface area contributed by atoms with E-state index in [1.165, 1.54) is 0 Å². The van der Waals surface area contributed by atoms with Crippen LogP contribution < -0.4 is 16.4 Å². The Kier molecular flexibility index (Phi) is 4.45. The summed E-state index contributed by atoms with van der Waals surface area (Å²) in [6.45, 7) is 3.75.